The topological polar surface area (TPSA) is 55.8 Å². The molecule has 2 rings (SSSR count). The summed E-state index contributed by atoms with van der Waals surface area (Å²) in [6.07, 6.45) is 0.658. The number of benzene rings is 2. The summed E-state index contributed by atoms with van der Waals surface area (Å²) in [7, 11) is 0. The second-order valence-electron chi connectivity index (χ2n) is 4.30. The third-order valence-electron chi connectivity index (χ3n) is 2.70. The van der Waals surface area contributed by atoms with E-state index in [4.69, 9.17) is 14.6 Å². The zero-order chi connectivity index (χ0) is 14.4. The first-order valence-corrected chi connectivity index (χ1v) is 7.06. The average Bonchev–Trinajstić information content (AvgIpc) is 2.42. The molecule has 5 heteroatoms. The molecular formula is C15H15BrO4. The van der Waals surface area contributed by atoms with Crippen LogP contribution in [-0.2, 0) is 9.53 Å². The minimum Gasteiger partial charge on any atom is -0.493 e. The fourth-order valence-corrected chi connectivity index (χ4v) is 2.17. The lowest BCUT2D eigenvalue weighted by Gasteiger charge is -2.07. The Labute approximate surface area is 125 Å². The van der Waals surface area contributed by atoms with Gasteiger partial charge in [-0.25, -0.2) is 4.79 Å². The van der Waals surface area contributed by atoms with E-state index < -0.39 is 5.97 Å². The van der Waals surface area contributed by atoms with E-state index in [1.54, 1.807) is 0 Å². The van der Waals surface area contributed by atoms with Gasteiger partial charge in [-0.05, 0) is 35.0 Å². The highest BCUT2D eigenvalue weighted by molar-refractivity contribution is 9.10. The molecule has 2 aromatic rings. The molecule has 0 fully saturated rings. The number of ether oxygens (including phenoxy) is 2. The van der Waals surface area contributed by atoms with E-state index in [1.807, 2.05) is 30.3 Å². The van der Waals surface area contributed by atoms with Crippen LogP contribution in [0.3, 0.4) is 0 Å². The Morgan fingerprint density at radius 2 is 1.85 bits per heavy atom. The van der Waals surface area contributed by atoms with E-state index >= 15 is 0 Å². The molecule has 0 heterocycles. The van der Waals surface area contributed by atoms with Gasteiger partial charge in [0.15, 0.2) is 0 Å². The Balaban J connectivity index is 1.81. The number of rotatable bonds is 7. The maximum absolute atomic E-state index is 10.2. The number of carbonyl (C=O) groups is 1. The average molecular weight is 339 g/mol. The van der Waals surface area contributed by atoms with Gasteiger partial charge in [-0.1, -0.05) is 28.1 Å². The second-order valence-corrected chi connectivity index (χ2v) is 5.22. The van der Waals surface area contributed by atoms with Gasteiger partial charge in [0.25, 0.3) is 0 Å². The highest BCUT2D eigenvalue weighted by Crippen LogP contribution is 2.24. The van der Waals surface area contributed by atoms with Gasteiger partial charge in [0.1, 0.15) is 12.4 Å². The number of carboxylic acid groups (broad SMARTS) is 1. The van der Waals surface area contributed by atoms with Crippen LogP contribution in [0, 0.1) is 0 Å². The third-order valence-corrected chi connectivity index (χ3v) is 3.19. The zero-order valence-corrected chi connectivity index (χ0v) is 12.4. The molecule has 0 amide bonds. The Bertz CT molecular complexity index is 597. The van der Waals surface area contributed by atoms with Crippen molar-refractivity contribution in [1.82, 2.24) is 0 Å². The van der Waals surface area contributed by atoms with Gasteiger partial charge in [0, 0.05) is 10.9 Å². The Hall–Kier alpha value is -1.59. The Morgan fingerprint density at radius 3 is 2.65 bits per heavy atom. The minimum absolute atomic E-state index is 0.259. The van der Waals surface area contributed by atoms with Crippen molar-refractivity contribution in [1.29, 1.82) is 0 Å². The molecular weight excluding hydrogens is 324 g/mol. The number of halogens is 1. The molecule has 1 N–H and O–H groups in total. The minimum atomic E-state index is -0.952. The lowest BCUT2D eigenvalue weighted by molar-refractivity contribution is -0.142. The number of carboxylic acids is 1. The molecule has 0 spiro atoms. The first kappa shape index (κ1) is 14.8. The van der Waals surface area contributed by atoms with Gasteiger partial charge in [-0.2, -0.15) is 0 Å². The van der Waals surface area contributed by atoms with Gasteiger partial charge in [0.05, 0.1) is 13.2 Å². The molecule has 0 saturated carbocycles. The first-order valence-electron chi connectivity index (χ1n) is 6.27. The highest BCUT2D eigenvalue weighted by Gasteiger charge is 1.99. The highest BCUT2D eigenvalue weighted by atomic mass is 79.9. The smallest absolute Gasteiger partial charge is 0.329 e. The Kier molecular flexibility index (Phi) is 5.38. The van der Waals surface area contributed by atoms with Crippen LogP contribution in [-0.4, -0.2) is 30.9 Å². The summed E-state index contributed by atoms with van der Waals surface area (Å²) in [5, 5.41) is 10.7. The molecule has 0 saturated heterocycles. The second kappa shape index (κ2) is 7.26. The molecule has 0 bridgehead atoms. The largest absolute Gasteiger partial charge is 0.493 e. The molecule has 0 aromatic heterocycles. The van der Waals surface area contributed by atoms with Crippen molar-refractivity contribution in [3.05, 3.63) is 40.9 Å². The van der Waals surface area contributed by atoms with E-state index in [1.165, 1.54) is 0 Å². The zero-order valence-electron chi connectivity index (χ0n) is 10.8. The van der Waals surface area contributed by atoms with Crippen LogP contribution in [0.5, 0.6) is 5.75 Å². The standard InChI is InChI=1S/C15H15BrO4/c16-13-4-2-12-9-14(5-3-11(12)8-13)20-7-1-6-19-10-15(17)18/h2-5,8-9H,1,6-7,10H2,(H,17,18). The quantitative estimate of drug-likeness (QED) is 0.785. The van der Waals surface area contributed by atoms with Gasteiger partial charge >= 0.3 is 5.97 Å². The van der Waals surface area contributed by atoms with E-state index in [-0.39, 0.29) is 6.61 Å². The first-order chi connectivity index (χ1) is 9.65. The molecule has 0 unspecified atom stereocenters. The van der Waals surface area contributed by atoms with Crippen molar-refractivity contribution in [2.45, 2.75) is 6.42 Å². The molecule has 0 radical (unpaired) electrons. The van der Waals surface area contributed by atoms with Crippen LogP contribution >= 0.6 is 15.9 Å². The molecule has 0 aliphatic heterocycles. The molecule has 0 aliphatic rings. The molecule has 20 heavy (non-hydrogen) atoms. The predicted octanol–water partition coefficient (Wildman–Crippen LogP) is 3.47. The van der Waals surface area contributed by atoms with Crippen molar-refractivity contribution in [2.75, 3.05) is 19.8 Å². The van der Waals surface area contributed by atoms with Crippen LogP contribution in [0.25, 0.3) is 10.8 Å². The molecule has 0 atom stereocenters. The normalized spacial score (nSPS) is 10.7. The molecule has 4 nitrogen and oxygen atoms in total. The van der Waals surface area contributed by atoms with Crippen molar-refractivity contribution in [3.8, 4) is 5.75 Å². The molecule has 106 valence electrons. The number of aliphatic carboxylic acids is 1. The van der Waals surface area contributed by atoms with Crippen LogP contribution in [0.4, 0.5) is 0 Å². The lowest BCUT2D eigenvalue weighted by Crippen LogP contribution is -2.09. The van der Waals surface area contributed by atoms with Crippen LogP contribution in [0.2, 0.25) is 0 Å². The molecule has 0 aliphatic carbocycles. The summed E-state index contributed by atoms with van der Waals surface area (Å²) in [4.78, 5) is 10.2. The maximum atomic E-state index is 10.2. The van der Waals surface area contributed by atoms with Gasteiger partial charge in [0.2, 0.25) is 0 Å². The lowest BCUT2D eigenvalue weighted by atomic mass is 10.1. The monoisotopic (exact) mass is 338 g/mol. The SMILES string of the molecule is O=C(O)COCCCOc1ccc2cc(Br)ccc2c1. The number of fused-ring (bicyclic) bond motifs is 1. The number of hydrogen-bond acceptors (Lipinski definition) is 3. The fraction of sp³-hybridized carbons (Fsp3) is 0.267. The van der Waals surface area contributed by atoms with Crippen molar-refractivity contribution in [2.24, 2.45) is 0 Å². The number of hydrogen-bond donors (Lipinski definition) is 1. The predicted molar refractivity (Wildman–Crippen MR) is 80.2 cm³/mol. The summed E-state index contributed by atoms with van der Waals surface area (Å²) < 4.78 is 11.6. The van der Waals surface area contributed by atoms with Gasteiger partial charge < -0.3 is 14.6 Å². The van der Waals surface area contributed by atoms with E-state index in [0.29, 0.717) is 19.6 Å². The van der Waals surface area contributed by atoms with E-state index in [2.05, 4.69) is 22.0 Å². The summed E-state index contributed by atoms with van der Waals surface area (Å²) >= 11 is 3.44. The van der Waals surface area contributed by atoms with Crippen molar-refractivity contribution >= 4 is 32.7 Å². The van der Waals surface area contributed by atoms with Crippen molar-refractivity contribution in [3.63, 3.8) is 0 Å². The van der Waals surface area contributed by atoms with Crippen molar-refractivity contribution < 1.29 is 19.4 Å². The fourth-order valence-electron chi connectivity index (χ4n) is 1.79. The van der Waals surface area contributed by atoms with Crippen LogP contribution in [0.1, 0.15) is 6.42 Å². The van der Waals surface area contributed by atoms with Gasteiger partial charge in [-0.3, -0.25) is 0 Å². The summed E-state index contributed by atoms with van der Waals surface area (Å²) in [5.74, 6) is -0.148. The molecule has 2 aromatic carbocycles. The third kappa shape index (κ3) is 4.51. The van der Waals surface area contributed by atoms with E-state index in [9.17, 15) is 4.79 Å². The van der Waals surface area contributed by atoms with Gasteiger partial charge in [-0.15, -0.1) is 0 Å². The summed E-state index contributed by atoms with van der Waals surface area (Å²) in [5.41, 5.74) is 0. The Morgan fingerprint density at radius 1 is 1.10 bits per heavy atom. The maximum Gasteiger partial charge on any atom is 0.329 e. The summed E-state index contributed by atoms with van der Waals surface area (Å²) in [6.45, 7) is 0.624. The van der Waals surface area contributed by atoms with Crippen LogP contribution in [0.15, 0.2) is 40.9 Å². The van der Waals surface area contributed by atoms with Crippen LogP contribution < -0.4 is 4.74 Å². The van der Waals surface area contributed by atoms with E-state index in [0.717, 1.165) is 21.0 Å². The summed E-state index contributed by atoms with van der Waals surface area (Å²) in [6, 6.07) is 12.0.